The molecule has 0 saturated heterocycles. The van der Waals surface area contributed by atoms with Gasteiger partial charge in [-0.15, -0.1) is 36.0 Å². The molecule has 1 aliphatic heterocycles. The molecule has 0 radical (unpaired) electrons. The van der Waals surface area contributed by atoms with Crippen molar-refractivity contribution in [1.82, 2.24) is 4.98 Å². The van der Waals surface area contributed by atoms with E-state index < -0.39 is 0 Å². The van der Waals surface area contributed by atoms with Crippen LogP contribution in [0.3, 0.4) is 0 Å². The standard InChI is InChI=1S/C33H34N3O2.Pt/c1-32(2,3)23-14-15-29-30(18-23)35(7)22-36(29)25-10-8-11-26(20-25)37-27-12-9-13-28(21-27)38-31-19-24(16-17-34-31)33(4,5)6;/h8-19,22H,1-7H3;/q-3;. The fraction of sp³-hybridized carbons (Fsp3) is 0.273. The van der Waals surface area contributed by atoms with Crippen LogP contribution < -0.4 is 19.3 Å². The Bertz CT molecular complexity index is 1460. The van der Waals surface area contributed by atoms with Crippen LogP contribution in [0.1, 0.15) is 52.7 Å². The van der Waals surface area contributed by atoms with Gasteiger partial charge in [0, 0.05) is 62.0 Å². The number of hydrogen-bond donors (Lipinski definition) is 0. The summed E-state index contributed by atoms with van der Waals surface area (Å²) < 4.78 is 12.2. The summed E-state index contributed by atoms with van der Waals surface area (Å²) >= 11 is 0. The first-order valence-corrected chi connectivity index (χ1v) is 12.9. The van der Waals surface area contributed by atoms with Crippen molar-refractivity contribution in [3.05, 3.63) is 103 Å². The Balaban J connectivity index is 0.00000353. The number of hydrogen-bond acceptors (Lipinski definition) is 5. The predicted octanol–water partition coefficient (Wildman–Crippen LogP) is 8.57. The molecule has 0 N–H and O–H groups in total. The zero-order valence-corrected chi connectivity index (χ0v) is 25.8. The van der Waals surface area contributed by atoms with Crippen LogP contribution in [0.4, 0.5) is 17.1 Å². The third kappa shape index (κ3) is 6.47. The summed E-state index contributed by atoms with van der Waals surface area (Å²) in [6, 6.07) is 28.7. The number of pyridine rings is 1. The number of rotatable bonds is 5. The van der Waals surface area contributed by atoms with E-state index in [0.29, 0.717) is 23.1 Å². The van der Waals surface area contributed by atoms with Gasteiger partial charge in [0.2, 0.25) is 5.88 Å². The van der Waals surface area contributed by atoms with Gasteiger partial charge in [0.25, 0.3) is 0 Å². The van der Waals surface area contributed by atoms with Crippen LogP contribution in [0.25, 0.3) is 0 Å². The third-order valence-electron chi connectivity index (χ3n) is 6.56. The second-order valence-corrected chi connectivity index (χ2v) is 11.7. The molecule has 0 bridgehead atoms. The summed E-state index contributed by atoms with van der Waals surface area (Å²) in [5, 5.41) is 0. The number of ether oxygens (including phenoxy) is 2. The normalized spacial score (nSPS) is 13.1. The van der Waals surface area contributed by atoms with Gasteiger partial charge in [0.1, 0.15) is 0 Å². The van der Waals surface area contributed by atoms with Crippen LogP contribution in [0.15, 0.2) is 72.9 Å². The van der Waals surface area contributed by atoms with Crippen LogP contribution in [0, 0.1) is 18.8 Å². The predicted molar refractivity (Wildman–Crippen MR) is 154 cm³/mol. The Kier molecular flexibility index (Phi) is 8.14. The zero-order chi connectivity index (χ0) is 27.1. The molecule has 0 saturated carbocycles. The minimum Gasteiger partial charge on any atom is -0.509 e. The van der Waals surface area contributed by atoms with E-state index in [9.17, 15) is 0 Å². The molecule has 1 aliphatic rings. The molecule has 206 valence electrons. The average Bonchev–Trinajstić information content (AvgIpc) is 3.19. The monoisotopic (exact) mass is 699 g/mol. The molecule has 0 amide bonds. The quantitative estimate of drug-likeness (QED) is 0.195. The Labute approximate surface area is 247 Å². The maximum absolute atomic E-state index is 6.15. The summed E-state index contributed by atoms with van der Waals surface area (Å²) in [5.74, 6) is 2.21. The molecular weight excluding hydrogens is 665 g/mol. The van der Waals surface area contributed by atoms with E-state index in [4.69, 9.17) is 9.47 Å². The minimum atomic E-state index is 0. The van der Waals surface area contributed by atoms with Gasteiger partial charge < -0.3 is 19.3 Å². The number of nitrogens with zero attached hydrogens (tertiary/aromatic N) is 3. The molecule has 39 heavy (non-hydrogen) atoms. The maximum Gasteiger partial charge on any atom is 0.216 e. The number of anilines is 3. The van der Waals surface area contributed by atoms with Gasteiger partial charge in [-0.25, -0.2) is 4.98 Å². The molecule has 0 aliphatic carbocycles. The molecule has 3 aromatic carbocycles. The molecule has 0 unspecified atom stereocenters. The zero-order valence-electron chi connectivity index (χ0n) is 23.5. The molecule has 5 rings (SSSR count). The SMILES string of the molecule is CN1[CH-]N(c2[c-]c(Oc3[c-]c(Oc4cc(C(C)(C)C)ccn4)ccc3)ccc2)c2ccc(C(C)(C)C)cc21.[Pt]. The molecular formula is C33H34N3O2Pt-3. The summed E-state index contributed by atoms with van der Waals surface area (Å²) in [5.41, 5.74) is 5.73. The topological polar surface area (TPSA) is 37.8 Å². The van der Waals surface area contributed by atoms with Crippen LogP contribution in [-0.2, 0) is 31.9 Å². The molecule has 5 nitrogen and oxygen atoms in total. The Hall–Kier alpha value is -3.30. The number of fused-ring (bicyclic) bond motifs is 1. The summed E-state index contributed by atoms with van der Waals surface area (Å²) in [6.45, 7) is 15.3. The molecule has 2 heterocycles. The van der Waals surface area contributed by atoms with Crippen molar-refractivity contribution < 1.29 is 30.5 Å². The van der Waals surface area contributed by atoms with Gasteiger partial charge in [0.15, 0.2) is 0 Å². The van der Waals surface area contributed by atoms with Crippen molar-refractivity contribution in [3.63, 3.8) is 0 Å². The molecule has 1 aromatic heterocycles. The van der Waals surface area contributed by atoms with E-state index in [-0.39, 0.29) is 31.9 Å². The van der Waals surface area contributed by atoms with Crippen molar-refractivity contribution in [2.45, 2.75) is 52.4 Å². The van der Waals surface area contributed by atoms with Gasteiger partial charge in [-0.05, 0) is 47.2 Å². The van der Waals surface area contributed by atoms with E-state index in [1.165, 1.54) is 11.3 Å². The molecule has 0 fully saturated rings. The van der Waals surface area contributed by atoms with Gasteiger partial charge in [-0.2, -0.15) is 18.8 Å². The van der Waals surface area contributed by atoms with Crippen LogP contribution in [0.5, 0.6) is 23.1 Å². The number of aromatic nitrogens is 1. The summed E-state index contributed by atoms with van der Waals surface area (Å²) in [6.07, 6.45) is 1.77. The minimum absolute atomic E-state index is 0. The Morgan fingerprint density at radius 1 is 0.718 bits per heavy atom. The molecule has 4 aromatic rings. The van der Waals surface area contributed by atoms with Crippen molar-refractivity contribution >= 4 is 17.1 Å². The smallest absolute Gasteiger partial charge is 0.216 e. The van der Waals surface area contributed by atoms with Crippen LogP contribution in [0.2, 0.25) is 0 Å². The Morgan fingerprint density at radius 2 is 1.33 bits per heavy atom. The van der Waals surface area contributed by atoms with Crippen LogP contribution in [-0.4, -0.2) is 12.0 Å². The number of benzene rings is 3. The van der Waals surface area contributed by atoms with E-state index in [0.717, 1.165) is 16.9 Å². The first-order valence-electron chi connectivity index (χ1n) is 12.9. The van der Waals surface area contributed by atoms with Crippen molar-refractivity contribution in [3.8, 4) is 23.1 Å². The summed E-state index contributed by atoms with van der Waals surface area (Å²) in [4.78, 5) is 8.63. The molecule has 0 atom stereocenters. The van der Waals surface area contributed by atoms with Gasteiger partial charge in [0.05, 0.1) is 0 Å². The second kappa shape index (κ2) is 11.1. The fourth-order valence-electron chi connectivity index (χ4n) is 4.31. The Morgan fingerprint density at radius 3 is 2.03 bits per heavy atom. The average molecular weight is 700 g/mol. The van der Waals surface area contributed by atoms with Crippen LogP contribution >= 0.6 is 0 Å². The van der Waals surface area contributed by atoms with E-state index >= 15 is 0 Å². The van der Waals surface area contributed by atoms with E-state index in [1.807, 2.05) is 48.5 Å². The molecule has 0 spiro atoms. The van der Waals surface area contributed by atoms with Crippen molar-refractivity contribution in [1.29, 1.82) is 0 Å². The summed E-state index contributed by atoms with van der Waals surface area (Å²) in [7, 11) is 2.07. The largest absolute Gasteiger partial charge is 0.509 e. The fourth-order valence-corrected chi connectivity index (χ4v) is 4.31. The maximum atomic E-state index is 6.15. The second-order valence-electron chi connectivity index (χ2n) is 11.7. The first-order chi connectivity index (χ1) is 18.0. The third-order valence-corrected chi connectivity index (χ3v) is 6.56. The van der Waals surface area contributed by atoms with Gasteiger partial charge in [-0.1, -0.05) is 53.7 Å². The van der Waals surface area contributed by atoms with Crippen molar-refractivity contribution in [2.75, 3.05) is 16.8 Å². The molecule has 6 heteroatoms. The van der Waals surface area contributed by atoms with E-state index in [2.05, 4.69) is 100 Å². The van der Waals surface area contributed by atoms with E-state index in [1.54, 1.807) is 6.20 Å². The first kappa shape index (κ1) is 28.7. The van der Waals surface area contributed by atoms with Gasteiger partial charge in [-0.3, -0.25) is 0 Å². The van der Waals surface area contributed by atoms with Gasteiger partial charge >= 0.3 is 0 Å². The van der Waals surface area contributed by atoms with Crippen molar-refractivity contribution in [2.24, 2.45) is 0 Å².